The topological polar surface area (TPSA) is 69.0 Å². The number of nitrogens with one attached hydrogen (secondary N) is 1. The minimum atomic E-state index is -0.0435. The lowest BCUT2D eigenvalue weighted by Gasteiger charge is -2.32. The number of aromatic nitrogens is 1. The van der Waals surface area contributed by atoms with Crippen LogP contribution in [0.25, 0.3) is 0 Å². The lowest BCUT2D eigenvalue weighted by atomic mass is 9.95. The normalized spacial score (nSPS) is 16.0. The van der Waals surface area contributed by atoms with Crippen LogP contribution >= 0.6 is 11.6 Å². The van der Waals surface area contributed by atoms with Crippen LogP contribution in [0.5, 0.6) is 0 Å². The highest BCUT2D eigenvalue weighted by molar-refractivity contribution is 6.30. The Hall–Kier alpha value is -2.58. The van der Waals surface area contributed by atoms with E-state index in [1.54, 1.807) is 12.3 Å². The Labute approximate surface area is 158 Å². The summed E-state index contributed by atoms with van der Waals surface area (Å²) in [6.07, 6.45) is 3.17. The fourth-order valence-corrected chi connectivity index (χ4v) is 3.30. The summed E-state index contributed by atoms with van der Waals surface area (Å²) in [5, 5.41) is 12.6. The first-order valence-electron chi connectivity index (χ1n) is 8.74. The minimum Gasteiger partial charge on any atom is -0.357 e. The summed E-state index contributed by atoms with van der Waals surface area (Å²) in [5.41, 5.74) is 1.60. The molecule has 1 aromatic heterocycles. The molecule has 1 aliphatic rings. The summed E-state index contributed by atoms with van der Waals surface area (Å²) < 4.78 is 0. The monoisotopic (exact) mass is 368 g/mol. The van der Waals surface area contributed by atoms with E-state index in [0.717, 1.165) is 37.3 Å². The van der Waals surface area contributed by atoms with Crippen LogP contribution in [0.3, 0.4) is 0 Å². The highest BCUT2D eigenvalue weighted by Crippen LogP contribution is 2.23. The predicted octanol–water partition coefficient (Wildman–Crippen LogP) is 3.70. The molecule has 5 nitrogen and oxygen atoms in total. The first-order valence-corrected chi connectivity index (χ1v) is 9.11. The van der Waals surface area contributed by atoms with Gasteiger partial charge in [0, 0.05) is 30.2 Å². The van der Waals surface area contributed by atoms with Gasteiger partial charge in [0.15, 0.2) is 0 Å². The van der Waals surface area contributed by atoms with E-state index < -0.39 is 0 Å². The molecule has 2 aromatic rings. The second-order valence-corrected chi connectivity index (χ2v) is 7.00. The third-order valence-corrected chi connectivity index (χ3v) is 5.05. The van der Waals surface area contributed by atoms with Gasteiger partial charge in [-0.2, -0.15) is 5.26 Å². The summed E-state index contributed by atoms with van der Waals surface area (Å²) in [6, 6.07) is 13.2. The summed E-state index contributed by atoms with van der Waals surface area (Å²) in [7, 11) is 0. The van der Waals surface area contributed by atoms with Crippen molar-refractivity contribution in [2.75, 3.05) is 18.0 Å². The zero-order chi connectivity index (χ0) is 18.5. The van der Waals surface area contributed by atoms with E-state index in [1.807, 2.05) is 37.3 Å². The van der Waals surface area contributed by atoms with Gasteiger partial charge in [-0.25, -0.2) is 4.98 Å². The van der Waals surface area contributed by atoms with Gasteiger partial charge in [-0.15, -0.1) is 0 Å². The molecule has 1 fully saturated rings. The smallest absolute Gasteiger partial charge is 0.223 e. The molecule has 0 bridgehead atoms. The first kappa shape index (κ1) is 18.2. The maximum absolute atomic E-state index is 12.6. The molecular formula is C20H21ClN4O. The Morgan fingerprint density at radius 2 is 1.96 bits per heavy atom. The number of rotatable bonds is 4. The van der Waals surface area contributed by atoms with Crippen LogP contribution < -0.4 is 10.2 Å². The molecule has 1 aliphatic heterocycles. The van der Waals surface area contributed by atoms with Gasteiger partial charge in [0.25, 0.3) is 0 Å². The molecule has 134 valence electrons. The highest BCUT2D eigenvalue weighted by Gasteiger charge is 2.26. The van der Waals surface area contributed by atoms with Crippen LogP contribution in [0.2, 0.25) is 5.02 Å². The van der Waals surface area contributed by atoms with Crippen molar-refractivity contribution >= 4 is 23.3 Å². The molecule has 1 aromatic carbocycles. The van der Waals surface area contributed by atoms with Gasteiger partial charge < -0.3 is 10.2 Å². The molecular weight excluding hydrogens is 348 g/mol. The Kier molecular flexibility index (Phi) is 5.75. The van der Waals surface area contributed by atoms with E-state index >= 15 is 0 Å². The van der Waals surface area contributed by atoms with E-state index in [9.17, 15) is 4.79 Å². The number of halogens is 1. The maximum Gasteiger partial charge on any atom is 0.223 e. The van der Waals surface area contributed by atoms with Gasteiger partial charge in [-0.1, -0.05) is 23.7 Å². The SMILES string of the molecule is CC(NC(=O)C1CCN(c2ccc(C#N)cn2)CC1)c1ccc(Cl)cc1. The van der Waals surface area contributed by atoms with Crippen molar-refractivity contribution in [2.45, 2.75) is 25.8 Å². The number of hydrogen-bond donors (Lipinski definition) is 1. The van der Waals surface area contributed by atoms with E-state index in [4.69, 9.17) is 16.9 Å². The van der Waals surface area contributed by atoms with Gasteiger partial charge >= 0.3 is 0 Å². The maximum atomic E-state index is 12.6. The Morgan fingerprint density at radius 3 is 2.54 bits per heavy atom. The average Bonchev–Trinajstić information content (AvgIpc) is 2.68. The fourth-order valence-electron chi connectivity index (χ4n) is 3.18. The number of nitrogens with zero attached hydrogens (tertiary/aromatic N) is 3. The molecule has 6 heteroatoms. The standard InChI is InChI=1S/C20H21ClN4O/c1-14(16-3-5-18(21)6-4-16)24-20(26)17-8-10-25(11-9-17)19-7-2-15(12-22)13-23-19/h2-7,13-14,17H,8-11H2,1H3,(H,24,26). The van der Waals surface area contributed by atoms with E-state index in [0.29, 0.717) is 10.6 Å². The van der Waals surface area contributed by atoms with Crippen molar-refractivity contribution in [2.24, 2.45) is 5.92 Å². The van der Waals surface area contributed by atoms with Crippen LogP contribution in [0, 0.1) is 17.2 Å². The van der Waals surface area contributed by atoms with Crippen molar-refractivity contribution in [3.05, 3.63) is 58.7 Å². The number of nitriles is 1. The zero-order valence-corrected chi connectivity index (χ0v) is 15.4. The Morgan fingerprint density at radius 1 is 1.27 bits per heavy atom. The number of carbonyl (C=O) groups excluding carboxylic acids is 1. The minimum absolute atomic E-state index is 0.0133. The van der Waals surface area contributed by atoms with Crippen molar-refractivity contribution < 1.29 is 4.79 Å². The number of amides is 1. The van der Waals surface area contributed by atoms with E-state index in [-0.39, 0.29) is 17.9 Å². The lowest BCUT2D eigenvalue weighted by Crippen LogP contribution is -2.41. The van der Waals surface area contributed by atoms with E-state index in [2.05, 4.69) is 21.3 Å². The molecule has 0 saturated carbocycles. The summed E-state index contributed by atoms with van der Waals surface area (Å²) in [5.74, 6) is 0.969. The van der Waals surface area contributed by atoms with Crippen LogP contribution in [0.4, 0.5) is 5.82 Å². The second-order valence-electron chi connectivity index (χ2n) is 6.56. The fraction of sp³-hybridized carbons (Fsp3) is 0.350. The van der Waals surface area contributed by atoms with Crippen molar-refractivity contribution in [3.63, 3.8) is 0 Å². The zero-order valence-electron chi connectivity index (χ0n) is 14.7. The molecule has 26 heavy (non-hydrogen) atoms. The summed E-state index contributed by atoms with van der Waals surface area (Å²) >= 11 is 5.91. The quantitative estimate of drug-likeness (QED) is 0.893. The van der Waals surface area contributed by atoms with Gasteiger partial charge in [-0.05, 0) is 49.6 Å². The number of carbonyl (C=O) groups is 1. The van der Waals surface area contributed by atoms with Crippen molar-refractivity contribution in [1.82, 2.24) is 10.3 Å². The summed E-state index contributed by atoms with van der Waals surface area (Å²) in [6.45, 7) is 3.55. The highest BCUT2D eigenvalue weighted by atomic mass is 35.5. The predicted molar refractivity (Wildman–Crippen MR) is 102 cm³/mol. The molecule has 1 atom stereocenters. The second kappa shape index (κ2) is 8.20. The van der Waals surface area contributed by atoms with E-state index in [1.165, 1.54) is 0 Å². The molecule has 0 aliphatic carbocycles. The third kappa shape index (κ3) is 4.33. The number of benzene rings is 1. The molecule has 0 radical (unpaired) electrons. The first-order chi connectivity index (χ1) is 12.6. The van der Waals surface area contributed by atoms with Crippen LogP contribution in [-0.2, 0) is 4.79 Å². The average molecular weight is 369 g/mol. The van der Waals surface area contributed by atoms with Crippen LogP contribution in [-0.4, -0.2) is 24.0 Å². The number of piperidine rings is 1. The summed E-state index contributed by atoms with van der Waals surface area (Å²) in [4.78, 5) is 19.1. The molecule has 3 rings (SSSR count). The van der Waals surface area contributed by atoms with Crippen molar-refractivity contribution in [3.8, 4) is 6.07 Å². The van der Waals surface area contributed by atoms with Gasteiger partial charge in [-0.3, -0.25) is 4.79 Å². The number of anilines is 1. The molecule has 1 unspecified atom stereocenters. The molecule has 1 amide bonds. The number of pyridine rings is 1. The van der Waals surface area contributed by atoms with Crippen LogP contribution in [0.15, 0.2) is 42.6 Å². The Bertz CT molecular complexity index is 790. The van der Waals surface area contributed by atoms with Gasteiger partial charge in [0.05, 0.1) is 11.6 Å². The number of hydrogen-bond acceptors (Lipinski definition) is 4. The van der Waals surface area contributed by atoms with Crippen LogP contribution in [0.1, 0.15) is 36.9 Å². The lowest BCUT2D eigenvalue weighted by molar-refractivity contribution is -0.126. The molecule has 1 saturated heterocycles. The largest absolute Gasteiger partial charge is 0.357 e. The van der Waals surface area contributed by atoms with Crippen molar-refractivity contribution in [1.29, 1.82) is 5.26 Å². The third-order valence-electron chi connectivity index (χ3n) is 4.80. The van der Waals surface area contributed by atoms with Gasteiger partial charge in [0.1, 0.15) is 11.9 Å². The Balaban J connectivity index is 1.53. The van der Waals surface area contributed by atoms with Gasteiger partial charge in [0.2, 0.25) is 5.91 Å². The molecule has 0 spiro atoms. The molecule has 2 heterocycles. The molecule has 1 N–H and O–H groups in total.